The third kappa shape index (κ3) is 2.76. The zero-order valence-electron chi connectivity index (χ0n) is 10.9. The SMILES string of the molecule is CCOc1cc([C@@H](N)c2nc(N)n[nH]2)ccc1OC. The number of aromatic amines is 1. The highest BCUT2D eigenvalue weighted by Gasteiger charge is 2.15. The molecule has 0 bridgehead atoms. The van der Waals surface area contributed by atoms with Crippen LogP contribution in [0.1, 0.15) is 24.4 Å². The zero-order valence-corrected chi connectivity index (χ0v) is 10.9. The Morgan fingerprint density at radius 1 is 1.37 bits per heavy atom. The van der Waals surface area contributed by atoms with Crippen molar-refractivity contribution in [3.8, 4) is 11.5 Å². The van der Waals surface area contributed by atoms with Crippen molar-refractivity contribution in [1.29, 1.82) is 0 Å². The number of methoxy groups -OCH3 is 1. The van der Waals surface area contributed by atoms with Gasteiger partial charge in [-0.25, -0.2) is 0 Å². The quantitative estimate of drug-likeness (QED) is 0.737. The highest BCUT2D eigenvalue weighted by molar-refractivity contribution is 5.44. The number of benzene rings is 1. The highest BCUT2D eigenvalue weighted by atomic mass is 16.5. The number of ether oxygens (including phenoxy) is 2. The monoisotopic (exact) mass is 263 g/mol. The Balaban J connectivity index is 2.31. The zero-order chi connectivity index (χ0) is 13.8. The van der Waals surface area contributed by atoms with Gasteiger partial charge in [-0.15, -0.1) is 5.10 Å². The van der Waals surface area contributed by atoms with Crippen LogP contribution in [0.15, 0.2) is 18.2 Å². The molecule has 0 saturated heterocycles. The Labute approximate surface area is 110 Å². The Hall–Kier alpha value is -2.28. The Morgan fingerprint density at radius 2 is 2.16 bits per heavy atom. The standard InChI is InChI=1S/C12H17N5O2/c1-3-19-9-6-7(4-5-8(9)18-2)10(13)11-15-12(14)17-16-11/h4-6,10H,3,13H2,1-2H3,(H3,14,15,16,17)/t10-/m1/s1. The molecule has 7 nitrogen and oxygen atoms in total. The highest BCUT2D eigenvalue weighted by Crippen LogP contribution is 2.30. The van der Waals surface area contributed by atoms with Gasteiger partial charge in [0.15, 0.2) is 11.5 Å². The van der Waals surface area contributed by atoms with E-state index in [0.717, 1.165) is 5.56 Å². The molecule has 0 spiro atoms. The number of nitrogens with one attached hydrogen (secondary N) is 1. The van der Waals surface area contributed by atoms with Crippen molar-refractivity contribution < 1.29 is 9.47 Å². The molecule has 1 atom stereocenters. The van der Waals surface area contributed by atoms with Crippen molar-refractivity contribution in [1.82, 2.24) is 15.2 Å². The lowest BCUT2D eigenvalue weighted by Gasteiger charge is -2.13. The van der Waals surface area contributed by atoms with Crippen molar-refractivity contribution in [2.75, 3.05) is 19.5 Å². The molecule has 0 aliphatic carbocycles. The number of nitrogens with two attached hydrogens (primary N) is 2. The van der Waals surface area contributed by atoms with Crippen LogP contribution in [0.5, 0.6) is 11.5 Å². The first-order valence-electron chi connectivity index (χ1n) is 5.89. The molecule has 5 N–H and O–H groups in total. The number of hydrogen-bond acceptors (Lipinski definition) is 6. The number of hydrogen-bond donors (Lipinski definition) is 3. The Morgan fingerprint density at radius 3 is 2.74 bits per heavy atom. The van der Waals surface area contributed by atoms with E-state index in [1.807, 2.05) is 19.1 Å². The second-order valence-electron chi connectivity index (χ2n) is 3.90. The molecule has 2 rings (SSSR count). The molecular weight excluding hydrogens is 246 g/mol. The van der Waals surface area contributed by atoms with Gasteiger partial charge >= 0.3 is 0 Å². The summed E-state index contributed by atoms with van der Waals surface area (Å²) in [5, 5.41) is 6.46. The molecule has 0 amide bonds. The first-order valence-corrected chi connectivity index (χ1v) is 5.89. The number of nitrogens with zero attached hydrogens (tertiary/aromatic N) is 2. The van der Waals surface area contributed by atoms with Crippen LogP contribution >= 0.6 is 0 Å². The average Bonchev–Trinajstić information content (AvgIpc) is 2.85. The van der Waals surface area contributed by atoms with E-state index < -0.39 is 6.04 Å². The summed E-state index contributed by atoms with van der Waals surface area (Å²) in [6.07, 6.45) is 0. The van der Waals surface area contributed by atoms with Gasteiger partial charge in [0.1, 0.15) is 5.82 Å². The van der Waals surface area contributed by atoms with E-state index in [-0.39, 0.29) is 5.95 Å². The topological polar surface area (TPSA) is 112 Å². The van der Waals surface area contributed by atoms with Gasteiger partial charge in [0.2, 0.25) is 5.95 Å². The van der Waals surface area contributed by atoms with Gasteiger partial charge < -0.3 is 20.9 Å². The minimum Gasteiger partial charge on any atom is -0.493 e. The van der Waals surface area contributed by atoms with Crippen LogP contribution < -0.4 is 20.9 Å². The molecule has 0 aliphatic rings. The van der Waals surface area contributed by atoms with Crippen LogP contribution in [0.2, 0.25) is 0 Å². The summed E-state index contributed by atoms with van der Waals surface area (Å²) in [6.45, 7) is 2.45. The van der Waals surface area contributed by atoms with Gasteiger partial charge in [0.25, 0.3) is 0 Å². The normalized spacial score (nSPS) is 12.2. The van der Waals surface area contributed by atoms with Crippen LogP contribution in [-0.4, -0.2) is 28.9 Å². The second kappa shape index (κ2) is 5.57. The summed E-state index contributed by atoms with van der Waals surface area (Å²) in [5.74, 6) is 1.98. The fourth-order valence-electron chi connectivity index (χ4n) is 1.74. The predicted octanol–water partition coefficient (Wildman–Crippen LogP) is 0.842. The van der Waals surface area contributed by atoms with Crippen LogP contribution in [0, 0.1) is 0 Å². The van der Waals surface area contributed by atoms with E-state index in [0.29, 0.717) is 23.9 Å². The van der Waals surface area contributed by atoms with Crippen LogP contribution in [0.4, 0.5) is 5.95 Å². The number of H-pyrrole nitrogens is 1. The molecule has 0 saturated carbocycles. The van der Waals surface area contributed by atoms with Crippen LogP contribution in [0.3, 0.4) is 0 Å². The van der Waals surface area contributed by atoms with Crippen molar-refractivity contribution in [3.05, 3.63) is 29.6 Å². The van der Waals surface area contributed by atoms with E-state index in [1.165, 1.54) is 0 Å². The van der Waals surface area contributed by atoms with Crippen molar-refractivity contribution in [2.45, 2.75) is 13.0 Å². The van der Waals surface area contributed by atoms with Gasteiger partial charge in [-0.2, -0.15) is 4.98 Å². The molecule has 7 heteroatoms. The maximum atomic E-state index is 6.10. The summed E-state index contributed by atoms with van der Waals surface area (Å²) in [4.78, 5) is 4.02. The molecule has 1 heterocycles. The van der Waals surface area contributed by atoms with E-state index in [4.69, 9.17) is 20.9 Å². The van der Waals surface area contributed by atoms with Gasteiger partial charge in [0.05, 0.1) is 19.8 Å². The first-order chi connectivity index (χ1) is 9.15. The molecule has 102 valence electrons. The maximum Gasteiger partial charge on any atom is 0.239 e. The smallest absolute Gasteiger partial charge is 0.239 e. The molecule has 1 aromatic carbocycles. The summed E-state index contributed by atoms with van der Waals surface area (Å²) in [5.41, 5.74) is 12.4. The fourth-order valence-corrected chi connectivity index (χ4v) is 1.74. The largest absolute Gasteiger partial charge is 0.493 e. The lowest BCUT2D eigenvalue weighted by Crippen LogP contribution is -2.14. The fraction of sp³-hybridized carbons (Fsp3) is 0.333. The summed E-state index contributed by atoms with van der Waals surface area (Å²) in [7, 11) is 1.59. The Kier molecular flexibility index (Phi) is 3.86. The van der Waals surface area contributed by atoms with Crippen molar-refractivity contribution in [2.24, 2.45) is 5.73 Å². The Bertz CT molecular complexity index is 555. The lowest BCUT2D eigenvalue weighted by molar-refractivity contribution is 0.310. The van der Waals surface area contributed by atoms with Crippen LogP contribution in [-0.2, 0) is 0 Å². The summed E-state index contributed by atoms with van der Waals surface area (Å²) in [6, 6.07) is 5.03. The third-order valence-electron chi connectivity index (χ3n) is 2.66. The van der Waals surface area contributed by atoms with E-state index in [2.05, 4.69) is 15.2 Å². The van der Waals surface area contributed by atoms with E-state index >= 15 is 0 Å². The summed E-state index contributed by atoms with van der Waals surface area (Å²) < 4.78 is 10.7. The van der Waals surface area contributed by atoms with E-state index in [9.17, 15) is 0 Å². The lowest BCUT2D eigenvalue weighted by atomic mass is 10.1. The molecule has 0 radical (unpaired) electrons. The molecule has 0 unspecified atom stereocenters. The summed E-state index contributed by atoms with van der Waals surface area (Å²) >= 11 is 0. The molecule has 0 fully saturated rings. The average molecular weight is 263 g/mol. The second-order valence-corrected chi connectivity index (χ2v) is 3.90. The van der Waals surface area contributed by atoms with Gasteiger partial charge in [-0.3, -0.25) is 5.10 Å². The van der Waals surface area contributed by atoms with Gasteiger partial charge in [0, 0.05) is 0 Å². The maximum absolute atomic E-state index is 6.10. The number of rotatable bonds is 5. The number of anilines is 1. The van der Waals surface area contributed by atoms with Gasteiger partial charge in [-0.05, 0) is 24.6 Å². The minimum absolute atomic E-state index is 0.170. The van der Waals surface area contributed by atoms with Crippen LogP contribution in [0.25, 0.3) is 0 Å². The number of aromatic nitrogens is 3. The van der Waals surface area contributed by atoms with Crippen molar-refractivity contribution in [3.63, 3.8) is 0 Å². The minimum atomic E-state index is -0.449. The molecule has 0 aliphatic heterocycles. The molecule has 2 aromatic rings. The predicted molar refractivity (Wildman–Crippen MR) is 71.0 cm³/mol. The molecular formula is C12H17N5O2. The third-order valence-corrected chi connectivity index (χ3v) is 2.66. The first kappa shape index (κ1) is 13.2. The van der Waals surface area contributed by atoms with Gasteiger partial charge in [-0.1, -0.05) is 6.07 Å². The molecule has 19 heavy (non-hydrogen) atoms. The van der Waals surface area contributed by atoms with Crippen molar-refractivity contribution >= 4 is 5.95 Å². The molecule has 1 aromatic heterocycles. The van der Waals surface area contributed by atoms with E-state index in [1.54, 1.807) is 13.2 Å². The number of nitrogen functional groups attached to an aromatic ring is 1.